The van der Waals surface area contributed by atoms with Gasteiger partial charge in [-0.2, -0.15) is 0 Å². The van der Waals surface area contributed by atoms with Crippen molar-refractivity contribution in [2.45, 2.75) is 6.42 Å². The Morgan fingerprint density at radius 3 is 2.62 bits per heavy atom. The molecule has 0 aliphatic rings. The van der Waals surface area contributed by atoms with Crippen molar-refractivity contribution in [1.29, 1.82) is 0 Å². The number of ether oxygens (including phenoxy) is 2. The summed E-state index contributed by atoms with van der Waals surface area (Å²) in [6.07, 6.45) is 1.18. The third-order valence-corrected chi connectivity index (χ3v) is 2.88. The van der Waals surface area contributed by atoms with E-state index in [1.165, 1.54) is 26.5 Å². The van der Waals surface area contributed by atoms with Crippen LogP contribution in [0.15, 0.2) is 28.8 Å². The Balaban J connectivity index is 2.33. The molecule has 1 amide bonds. The lowest BCUT2D eigenvalue weighted by molar-refractivity contribution is 0.0952. The second kappa shape index (κ2) is 6.08. The molecule has 1 heterocycles. The normalized spacial score (nSPS) is 10.2. The van der Waals surface area contributed by atoms with Gasteiger partial charge in [-0.05, 0) is 12.1 Å². The minimum atomic E-state index is -0.637. The highest BCUT2D eigenvalue weighted by Crippen LogP contribution is 2.24. The minimum Gasteiger partial charge on any atom is -0.496 e. The van der Waals surface area contributed by atoms with E-state index in [-0.39, 0.29) is 23.8 Å². The van der Waals surface area contributed by atoms with Crippen molar-refractivity contribution in [1.82, 2.24) is 4.98 Å². The molecule has 0 radical (unpaired) electrons. The van der Waals surface area contributed by atoms with Crippen LogP contribution < -0.4 is 15.2 Å². The topological polar surface area (TPSA) is 105 Å². The van der Waals surface area contributed by atoms with Crippen LogP contribution >= 0.6 is 0 Å². The van der Waals surface area contributed by atoms with Crippen LogP contribution in [-0.4, -0.2) is 30.9 Å². The van der Waals surface area contributed by atoms with Gasteiger partial charge < -0.3 is 19.6 Å². The summed E-state index contributed by atoms with van der Waals surface area (Å²) in [6, 6.07) is 4.80. The number of carbonyl (C=O) groups is 2. The minimum absolute atomic E-state index is 0.104. The van der Waals surface area contributed by atoms with E-state index in [4.69, 9.17) is 19.6 Å². The zero-order valence-corrected chi connectivity index (χ0v) is 11.6. The van der Waals surface area contributed by atoms with Crippen LogP contribution in [0.3, 0.4) is 0 Å². The molecule has 110 valence electrons. The molecule has 0 saturated heterocycles. The molecule has 0 saturated carbocycles. The third-order valence-electron chi connectivity index (χ3n) is 2.88. The second-order valence-electron chi connectivity index (χ2n) is 4.14. The first-order valence-corrected chi connectivity index (χ1v) is 6.05. The number of aromatic nitrogens is 1. The number of nitrogens with zero attached hydrogens (tertiary/aromatic N) is 1. The number of hydrogen-bond acceptors (Lipinski definition) is 6. The van der Waals surface area contributed by atoms with E-state index in [1.807, 2.05) is 0 Å². The van der Waals surface area contributed by atoms with E-state index >= 15 is 0 Å². The summed E-state index contributed by atoms with van der Waals surface area (Å²) in [6.45, 7) is 0. The predicted octanol–water partition coefficient (Wildman–Crippen LogP) is 1.22. The van der Waals surface area contributed by atoms with Gasteiger partial charge >= 0.3 is 5.95 Å². The molecule has 0 aliphatic carbocycles. The largest absolute Gasteiger partial charge is 0.496 e. The lowest BCUT2D eigenvalue weighted by Crippen LogP contribution is -2.16. The molecule has 1 aromatic carbocycles. The highest BCUT2D eigenvalue weighted by molar-refractivity contribution is 5.99. The summed E-state index contributed by atoms with van der Waals surface area (Å²) in [5.74, 6) is -0.619. The number of hydrogen-bond donors (Lipinski definition) is 1. The number of ketones is 1. The van der Waals surface area contributed by atoms with Crippen LogP contribution in [-0.2, 0) is 6.42 Å². The van der Waals surface area contributed by atoms with Crippen molar-refractivity contribution in [3.63, 3.8) is 0 Å². The van der Waals surface area contributed by atoms with Gasteiger partial charge in [-0.15, -0.1) is 0 Å². The van der Waals surface area contributed by atoms with Gasteiger partial charge in [0.25, 0.3) is 5.89 Å². The van der Waals surface area contributed by atoms with Crippen molar-refractivity contribution in [3.8, 4) is 11.7 Å². The third kappa shape index (κ3) is 3.02. The van der Waals surface area contributed by atoms with Crippen LogP contribution in [0.25, 0.3) is 0 Å². The first kappa shape index (κ1) is 14.6. The Morgan fingerprint density at radius 2 is 2.05 bits per heavy atom. The van der Waals surface area contributed by atoms with Crippen LogP contribution in [0.5, 0.6) is 11.7 Å². The highest BCUT2D eigenvalue weighted by Gasteiger charge is 2.20. The monoisotopic (exact) mass is 290 g/mol. The number of nitrogens with two attached hydrogens (primary N) is 1. The van der Waals surface area contributed by atoms with E-state index in [1.54, 1.807) is 12.1 Å². The number of benzene rings is 1. The summed E-state index contributed by atoms with van der Waals surface area (Å²) in [4.78, 5) is 27.4. The maximum atomic E-state index is 12.2. The molecule has 2 aromatic rings. The smallest absolute Gasteiger partial charge is 0.305 e. The molecule has 0 atom stereocenters. The highest BCUT2D eigenvalue weighted by atomic mass is 16.6. The van der Waals surface area contributed by atoms with Gasteiger partial charge in [-0.1, -0.05) is 6.07 Å². The zero-order valence-electron chi connectivity index (χ0n) is 11.6. The van der Waals surface area contributed by atoms with Crippen molar-refractivity contribution in [2.24, 2.45) is 5.73 Å². The summed E-state index contributed by atoms with van der Waals surface area (Å²) >= 11 is 0. The number of amides is 1. The van der Waals surface area contributed by atoms with Gasteiger partial charge in [0.2, 0.25) is 11.7 Å². The van der Waals surface area contributed by atoms with Crippen LogP contribution in [0.1, 0.15) is 26.6 Å². The molecule has 0 fully saturated rings. The average Bonchev–Trinajstić information content (AvgIpc) is 2.96. The first-order chi connectivity index (χ1) is 10.1. The summed E-state index contributed by atoms with van der Waals surface area (Å²) in [5, 5.41) is 0. The quantitative estimate of drug-likeness (QED) is 0.802. The van der Waals surface area contributed by atoms with Gasteiger partial charge in [0.05, 0.1) is 14.2 Å². The fourth-order valence-corrected chi connectivity index (χ4v) is 1.89. The fraction of sp³-hybridized carbons (Fsp3) is 0.214. The molecule has 0 spiro atoms. The SMILES string of the molecule is COc1cnc(C(=O)Cc2c(OC)cccc2C(N)=O)o1. The van der Waals surface area contributed by atoms with Gasteiger partial charge in [-0.25, -0.2) is 4.98 Å². The summed E-state index contributed by atoms with van der Waals surface area (Å²) in [5.41, 5.74) is 5.93. The van der Waals surface area contributed by atoms with Crippen LogP contribution in [0, 0.1) is 0 Å². The molecule has 0 aliphatic heterocycles. The van der Waals surface area contributed by atoms with Crippen LogP contribution in [0.2, 0.25) is 0 Å². The molecular weight excluding hydrogens is 276 g/mol. The molecule has 0 unspecified atom stereocenters. The standard InChI is InChI=1S/C14H14N2O5/c1-19-11-5-3-4-8(13(15)18)9(11)6-10(17)14-16-7-12(20-2)21-14/h3-5,7H,6H2,1-2H3,(H2,15,18). The average molecular weight is 290 g/mol. The van der Waals surface area contributed by atoms with E-state index in [2.05, 4.69) is 4.98 Å². The number of carbonyl (C=O) groups excluding carboxylic acids is 2. The number of primary amides is 1. The maximum absolute atomic E-state index is 12.2. The predicted molar refractivity (Wildman–Crippen MR) is 72.6 cm³/mol. The molecule has 2 rings (SSSR count). The molecule has 2 N–H and O–H groups in total. The first-order valence-electron chi connectivity index (χ1n) is 6.05. The van der Waals surface area contributed by atoms with E-state index < -0.39 is 11.7 Å². The van der Waals surface area contributed by atoms with Crippen LogP contribution in [0.4, 0.5) is 0 Å². The second-order valence-corrected chi connectivity index (χ2v) is 4.14. The molecule has 1 aromatic heterocycles. The lowest BCUT2D eigenvalue weighted by Gasteiger charge is -2.10. The molecule has 21 heavy (non-hydrogen) atoms. The molecular formula is C14H14N2O5. The van der Waals surface area contributed by atoms with Gasteiger partial charge in [0.1, 0.15) is 11.9 Å². The number of rotatable bonds is 6. The Hall–Kier alpha value is -2.83. The Morgan fingerprint density at radius 1 is 1.29 bits per heavy atom. The number of oxazole rings is 1. The molecule has 7 nitrogen and oxygen atoms in total. The zero-order chi connectivity index (χ0) is 15.4. The maximum Gasteiger partial charge on any atom is 0.305 e. The van der Waals surface area contributed by atoms with E-state index in [0.717, 1.165) is 0 Å². The van der Waals surface area contributed by atoms with Crippen molar-refractivity contribution in [2.75, 3.05) is 14.2 Å². The Labute approximate surface area is 120 Å². The van der Waals surface area contributed by atoms with E-state index in [0.29, 0.717) is 11.3 Å². The Kier molecular flexibility index (Phi) is 4.22. The van der Waals surface area contributed by atoms with Crippen molar-refractivity contribution in [3.05, 3.63) is 41.4 Å². The lowest BCUT2D eigenvalue weighted by atomic mass is 10.0. The van der Waals surface area contributed by atoms with Gasteiger partial charge in [0, 0.05) is 17.5 Å². The van der Waals surface area contributed by atoms with Gasteiger partial charge in [-0.3, -0.25) is 9.59 Å². The van der Waals surface area contributed by atoms with Crippen molar-refractivity contribution < 1.29 is 23.5 Å². The number of methoxy groups -OCH3 is 2. The Bertz CT molecular complexity index is 678. The van der Waals surface area contributed by atoms with Crippen molar-refractivity contribution >= 4 is 11.7 Å². The van der Waals surface area contributed by atoms with E-state index in [9.17, 15) is 9.59 Å². The molecule has 0 bridgehead atoms. The fourth-order valence-electron chi connectivity index (χ4n) is 1.89. The summed E-state index contributed by atoms with van der Waals surface area (Å²) in [7, 11) is 2.85. The van der Waals surface area contributed by atoms with Gasteiger partial charge in [0.15, 0.2) is 0 Å². The molecule has 7 heteroatoms. The number of Topliss-reactive ketones (excluding diaryl/α,β-unsaturated/α-hetero) is 1. The summed E-state index contributed by atoms with van der Waals surface area (Å²) < 4.78 is 15.1.